The summed E-state index contributed by atoms with van der Waals surface area (Å²) in [4.78, 5) is 0. The quantitative estimate of drug-likeness (QED) is 0.353. The molecule has 1 saturated heterocycles. The van der Waals surface area contributed by atoms with E-state index in [1.165, 1.54) is 38.5 Å². The Morgan fingerprint density at radius 1 is 0.917 bits per heavy atom. The molecule has 0 saturated carbocycles. The molecule has 0 aromatic rings. The molecule has 0 unspecified atom stereocenters. The Morgan fingerprint density at radius 2 is 1.58 bits per heavy atom. The fourth-order valence-electron chi connectivity index (χ4n) is 2.78. The van der Waals surface area contributed by atoms with E-state index in [1.807, 2.05) is 0 Å². The highest BCUT2D eigenvalue weighted by molar-refractivity contribution is 4.86. The van der Waals surface area contributed by atoms with Gasteiger partial charge in [-0.25, -0.2) is 0 Å². The van der Waals surface area contributed by atoms with Crippen molar-refractivity contribution in [2.45, 2.75) is 89.1 Å². The van der Waals surface area contributed by atoms with Crippen molar-refractivity contribution < 1.29 is 24.8 Å². The summed E-state index contributed by atoms with van der Waals surface area (Å²) in [5.41, 5.74) is 0. The molecule has 1 aliphatic rings. The van der Waals surface area contributed by atoms with Gasteiger partial charge in [0.15, 0.2) is 0 Å². The van der Waals surface area contributed by atoms with Crippen LogP contribution < -0.4 is 0 Å². The Hall–Kier alpha value is -0.460. The van der Waals surface area contributed by atoms with Gasteiger partial charge in [-0.3, -0.25) is 0 Å². The summed E-state index contributed by atoms with van der Waals surface area (Å²) in [5, 5.41) is 28.7. The maximum atomic E-state index is 9.77. The molecular weight excluding hydrogens is 308 g/mol. The molecule has 24 heavy (non-hydrogen) atoms. The van der Waals surface area contributed by atoms with Gasteiger partial charge in [0, 0.05) is 6.61 Å². The molecule has 3 N–H and O–H groups in total. The predicted molar refractivity (Wildman–Crippen MR) is 94.9 cm³/mol. The lowest BCUT2D eigenvalue weighted by molar-refractivity contribution is -0.199. The summed E-state index contributed by atoms with van der Waals surface area (Å²) in [6.07, 6.45) is 11.7. The maximum absolute atomic E-state index is 9.77. The van der Waals surface area contributed by atoms with E-state index in [2.05, 4.69) is 19.1 Å². The number of aliphatic hydroxyl groups is 3. The van der Waals surface area contributed by atoms with Gasteiger partial charge in [0.25, 0.3) is 0 Å². The topological polar surface area (TPSA) is 79.2 Å². The Kier molecular flexibility index (Phi) is 12.4. The summed E-state index contributed by atoms with van der Waals surface area (Å²) in [6.45, 7) is 3.14. The van der Waals surface area contributed by atoms with Crippen molar-refractivity contribution in [2.24, 2.45) is 0 Å². The molecule has 0 aromatic carbocycles. The molecule has 0 aliphatic carbocycles. The number of allylic oxidation sites excluding steroid dienone is 2. The van der Waals surface area contributed by atoms with Crippen molar-refractivity contribution in [3.05, 3.63) is 12.2 Å². The van der Waals surface area contributed by atoms with E-state index in [1.54, 1.807) is 0 Å². The van der Waals surface area contributed by atoms with Crippen LogP contribution in [-0.2, 0) is 9.47 Å². The molecule has 4 atom stereocenters. The van der Waals surface area contributed by atoms with Crippen molar-refractivity contribution in [3.8, 4) is 0 Å². The molecule has 5 nitrogen and oxygen atoms in total. The molecule has 0 spiro atoms. The van der Waals surface area contributed by atoms with E-state index in [9.17, 15) is 15.3 Å². The number of aliphatic hydroxyl groups excluding tert-OH is 3. The number of ether oxygens (including phenoxy) is 2. The van der Waals surface area contributed by atoms with Crippen LogP contribution in [0.1, 0.15) is 64.7 Å². The Morgan fingerprint density at radius 3 is 2.29 bits per heavy atom. The van der Waals surface area contributed by atoms with Gasteiger partial charge in [-0.05, 0) is 32.1 Å². The summed E-state index contributed by atoms with van der Waals surface area (Å²) in [7, 11) is 0. The Bertz CT molecular complexity index is 321. The average molecular weight is 344 g/mol. The van der Waals surface area contributed by atoms with Crippen LogP contribution in [-0.4, -0.2) is 59.6 Å². The van der Waals surface area contributed by atoms with Crippen LogP contribution in [0.4, 0.5) is 0 Å². The second-order valence-electron chi connectivity index (χ2n) is 6.67. The SMILES string of the molecule is CCCCCCC/C=C/CCCCOC[C@@H]1OC[C@@H](O)[C@H](O)[C@H]1O. The number of unbranched alkanes of at least 4 members (excludes halogenated alkanes) is 7. The number of hydrogen-bond donors (Lipinski definition) is 3. The lowest BCUT2D eigenvalue weighted by Gasteiger charge is -2.35. The second-order valence-corrected chi connectivity index (χ2v) is 6.67. The van der Waals surface area contributed by atoms with Gasteiger partial charge in [-0.2, -0.15) is 0 Å². The first-order chi connectivity index (χ1) is 11.7. The fraction of sp³-hybridized carbons (Fsp3) is 0.895. The summed E-state index contributed by atoms with van der Waals surface area (Å²) in [5.74, 6) is 0. The molecule has 1 aliphatic heterocycles. The van der Waals surface area contributed by atoms with Crippen LogP contribution >= 0.6 is 0 Å². The second kappa shape index (κ2) is 13.8. The van der Waals surface area contributed by atoms with E-state index >= 15 is 0 Å². The lowest BCUT2D eigenvalue weighted by atomic mass is 10.0. The van der Waals surface area contributed by atoms with E-state index in [-0.39, 0.29) is 13.2 Å². The molecule has 0 amide bonds. The molecule has 1 fully saturated rings. The number of hydrogen-bond acceptors (Lipinski definition) is 5. The minimum absolute atomic E-state index is 0.0372. The largest absolute Gasteiger partial charge is 0.388 e. The molecule has 0 radical (unpaired) electrons. The summed E-state index contributed by atoms with van der Waals surface area (Å²) in [6, 6.07) is 0. The first-order valence-electron chi connectivity index (χ1n) is 9.55. The van der Waals surface area contributed by atoms with Crippen molar-refractivity contribution in [2.75, 3.05) is 19.8 Å². The van der Waals surface area contributed by atoms with Crippen LogP contribution in [0.3, 0.4) is 0 Å². The van der Waals surface area contributed by atoms with Crippen LogP contribution in [0.15, 0.2) is 12.2 Å². The number of rotatable bonds is 13. The molecule has 0 bridgehead atoms. The average Bonchev–Trinajstić information content (AvgIpc) is 2.58. The molecular formula is C19H36O5. The Labute approximate surface area is 146 Å². The van der Waals surface area contributed by atoms with E-state index in [0.29, 0.717) is 6.61 Å². The highest BCUT2D eigenvalue weighted by Crippen LogP contribution is 2.16. The van der Waals surface area contributed by atoms with Gasteiger partial charge < -0.3 is 24.8 Å². The predicted octanol–water partition coefficient (Wildman–Crippen LogP) is 2.57. The van der Waals surface area contributed by atoms with Crippen LogP contribution in [0.2, 0.25) is 0 Å². The zero-order valence-corrected chi connectivity index (χ0v) is 15.1. The third-order valence-electron chi connectivity index (χ3n) is 4.44. The van der Waals surface area contributed by atoms with Gasteiger partial charge in [0.1, 0.15) is 24.4 Å². The highest BCUT2D eigenvalue weighted by Gasteiger charge is 2.37. The first kappa shape index (κ1) is 21.6. The van der Waals surface area contributed by atoms with Crippen LogP contribution in [0.25, 0.3) is 0 Å². The molecule has 5 heteroatoms. The van der Waals surface area contributed by atoms with E-state index in [4.69, 9.17) is 9.47 Å². The van der Waals surface area contributed by atoms with Gasteiger partial charge in [-0.1, -0.05) is 44.8 Å². The molecule has 1 heterocycles. The van der Waals surface area contributed by atoms with Gasteiger partial charge in [-0.15, -0.1) is 0 Å². The minimum Gasteiger partial charge on any atom is -0.388 e. The standard InChI is InChI=1S/C19H36O5/c1-2-3-4-5-6-7-8-9-10-11-12-13-23-15-17-19(22)18(21)16(20)14-24-17/h8-9,16-22H,2-7,10-15H2,1H3/b9-8+/t16-,17+,18+,19+/m1/s1. The van der Waals surface area contributed by atoms with Crippen molar-refractivity contribution in [1.29, 1.82) is 0 Å². The van der Waals surface area contributed by atoms with Gasteiger partial charge in [0.2, 0.25) is 0 Å². The zero-order chi connectivity index (χ0) is 17.6. The molecule has 142 valence electrons. The van der Waals surface area contributed by atoms with Gasteiger partial charge >= 0.3 is 0 Å². The Balaban J connectivity index is 1.90. The lowest BCUT2D eigenvalue weighted by Crippen LogP contribution is -2.54. The molecule has 0 aromatic heterocycles. The monoisotopic (exact) mass is 344 g/mol. The highest BCUT2D eigenvalue weighted by atomic mass is 16.6. The summed E-state index contributed by atoms with van der Waals surface area (Å²) < 4.78 is 10.8. The normalized spacial score (nSPS) is 27.8. The van der Waals surface area contributed by atoms with Crippen molar-refractivity contribution in [1.82, 2.24) is 0 Å². The third kappa shape index (κ3) is 9.14. The summed E-state index contributed by atoms with van der Waals surface area (Å²) >= 11 is 0. The van der Waals surface area contributed by atoms with Crippen LogP contribution in [0, 0.1) is 0 Å². The van der Waals surface area contributed by atoms with Crippen molar-refractivity contribution >= 4 is 0 Å². The third-order valence-corrected chi connectivity index (χ3v) is 4.44. The van der Waals surface area contributed by atoms with Crippen molar-refractivity contribution in [3.63, 3.8) is 0 Å². The first-order valence-corrected chi connectivity index (χ1v) is 9.55. The fourth-order valence-corrected chi connectivity index (χ4v) is 2.78. The zero-order valence-electron chi connectivity index (χ0n) is 15.1. The van der Waals surface area contributed by atoms with E-state index < -0.39 is 24.4 Å². The maximum Gasteiger partial charge on any atom is 0.111 e. The molecule has 1 rings (SSSR count). The van der Waals surface area contributed by atoms with Crippen LogP contribution in [0.5, 0.6) is 0 Å². The smallest absolute Gasteiger partial charge is 0.111 e. The van der Waals surface area contributed by atoms with Gasteiger partial charge in [0.05, 0.1) is 13.2 Å². The minimum atomic E-state index is -1.15. The van der Waals surface area contributed by atoms with E-state index in [0.717, 1.165) is 19.3 Å².